The average Bonchev–Trinajstić information content (AvgIpc) is 3.09. The molecule has 0 bridgehead atoms. The van der Waals surface area contributed by atoms with Gasteiger partial charge in [0, 0.05) is 26.1 Å². The van der Waals surface area contributed by atoms with Gasteiger partial charge in [0.15, 0.2) is 0 Å². The van der Waals surface area contributed by atoms with Gasteiger partial charge < -0.3 is 20.1 Å². The number of benzene rings is 1. The van der Waals surface area contributed by atoms with Crippen molar-refractivity contribution in [2.24, 2.45) is 5.92 Å². The number of hydrogen-bond donors (Lipinski definition) is 2. The zero-order chi connectivity index (χ0) is 19.2. The molecule has 1 fully saturated rings. The van der Waals surface area contributed by atoms with E-state index >= 15 is 0 Å². The van der Waals surface area contributed by atoms with Gasteiger partial charge in [0.25, 0.3) is 0 Å². The third-order valence-electron chi connectivity index (χ3n) is 5.48. The molecule has 1 aromatic heterocycles. The van der Waals surface area contributed by atoms with Crippen LogP contribution in [0.1, 0.15) is 32.5 Å². The van der Waals surface area contributed by atoms with Crippen LogP contribution in [0.4, 0.5) is 9.18 Å². The summed E-state index contributed by atoms with van der Waals surface area (Å²) in [6, 6.07) is 4.50. The van der Waals surface area contributed by atoms with Gasteiger partial charge in [-0.1, -0.05) is 6.92 Å². The van der Waals surface area contributed by atoms with Crippen LogP contribution in [0.5, 0.6) is 0 Å². The molecule has 2 heterocycles. The number of rotatable bonds is 7. The van der Waals surface area contributed by atoms with Crippen LogP contribution in [0.3, 0.4) is 0 Å². The van der Waals surface area contributed by atoms with Gasteiger partial charge in [0.1, 0.15) is 11.6 Å². The molecule has 2 aromatic rings. The van der Waals surface area contributed by atoms with Crippen LogP contribution in [0, 0.1) is 11.7 Å². The number of halogens is 1. The van der Waals surface area contributed by atoms with Crippen molar-refractivity contribution >= 4 is 17.1 Å². The van der Waals surface area contributed by atoms with E-state index in [0.717, 1.165) is 50.4 Å². The molecule has 2 amide bonds. The van der Waals surface area contributed by atoms with Crippen LogP contribution in [0.25, 0.3) is 11.0 Å². The Hall–Kier alpha value is -2.15. The second-order valence-electron chi connectivity index (χ2n) is 7.24. The molecule has 6 nitrogen and oxygen atoms in total. The third-order valence-corrected chi connectivity index (χ3v) is 5.48. The molecule has 148 valence electrons. The number of imidazole rings is 1. The van der Waals surface area contributed by atoms with Crippen molar-refractivity contribution in [1.29, 1.82) is 0 Å². The lowest BCUT2D eigenvalue weighted by molar-refractivity contribution is 0.178. The molecule has 7 heteroatoms. The van der Waals surface area contributed by atoms with E-state index in [0.29, 0.717) is 30.9 Å². The molecule has 1 aliphatic rings. The highest BCUT2D eigenvalue weighted by atomic mass is 19.1. The molecule has 0 aliphatic carbocycles. The Morgan fingerprint density at radius 3 is 2.85 bits per heavy atom. The normalized spacial score (nSPS) is 16.0. The summed E-state index contributed by atoms with van der Waals surface area (Å²) in [7, 11) is 0. The van der Waals surface area contributed by atoms with Crippen molar-refractivity contribution in [1.82, 2.24) is 25.1 Å². The lowest BCUT2D eigenvalue weighted by Crippen LogP contribution is -2.44. The average molecular weight is 375 g/mol. The monoisotopic (exact) mass is 375 g/mol. The Bertz CT molecular complexity index is 754. The van der Waals surface area contributed by atoms with E-state index in [4.69, 9.17) is 0 Å². The number of piperidine rings is 1. The number of aromatic amines is 1. The van der Waals surface area contributed by atoms with Gasteiger partial charge >= 0.3 is 6.03 Å². The minimum absolute atomic E-state index is 0.0161. The summed E-state index contributed by atoms with van der Waals surface area (Å²) < 4.78 is 13.3. The van der Waals surface area contributed by atoms with Gasteiger partial charge in [0.2, 0.25) is 0 Å². The minimum Gasteiger partial charge on any atom is -0.342 e. The number of carbonyl (C=O) groups excluding carboxylic acids is 1. The molecule has 1 aromatic carbocycles. The molecule has 1 saturated heterocycles. The summed E-state index contributed by atoms with van der Waals surface area (Å²) in [4.78, 5) is 24.4. The fraction of sp³-hybridized carbons (Fsp3) is 0.600. The standard InChI is InChI=1S/C20H30FN5O/c1-3-25-10-7-15(8-11-25)14-22-20(27)26(4-2)12-9-19-23-17-6-5-16(21)13-18(17)24-19/h5-6,13,15H,3-4,7-12,14H2,1-2H3,(H,22,27)(H,23,24). The first-order valence-electron chi connectivity index (χ1n) is 9.98. The van der Waals surface area contributed by atoms with Gasteiger partial charge in [0.05, 0.1) is 11.0 Å². The molecule has 3 rings (SSSR count). The van der Waals surface area contributed by atoms with Gasteiger partial charge in [-0.15, -0.1) is 0 Å². The number of fused-ring (bicyclic) bond motifs is 1. The number of aromatic nitrogens is 2. The van der Waals surface area contributed by atoms with Crippen molar-refractivity contribution in [2.45, 2.75) is 33.1 Å². The van der Waals surface area contributed by atoms with Crippen molar-refractivity contribution in [2.75, 3.05) is 39.3 Å². The predicted octanol–water partition coefficient (Wildman–Crippen LogP) is 3.01. The molecule has 27 heavy (non-hydrogen) atoms. The number of urea groups is 1. The van der Waals surface area contributed by atoms with E-state index in [9.17, 15) is 9.18 Å². The van der Waals surface area contributed by atoms with E-state index in [1.165, 1.54) is 12.1 Å². The predicted molar refractivity (Wildman–Crippen MR) is 105 cm³/mol. The fourth-order valence-electron chi connectivity index (χ4n) is 3.65. The van der Waals surface area contributed by atoms with E-state index in [-0.39, 0.29) is 11.8 Å². The molecule has 2 N–H and O–H groups in total. The first kappa shape index (κ1) is 19.6. The van der Waals surface area contributed by atoms with E-state index in [2.05, 4.69) is 27.1 Å². The summed E-state index contributed by atoms with van der Waals surface area (Å²) in [5, 5.41) is 3.09. The van der Waals surface area contributed by atoms with Crippen LogP contribution in [0.2, 0.25) is 0 Å². The van der Waals surface area contributed by atoms with Gasteiger partial charge in [-0.25, -0.2) is 14.2 Å². The summed E-state index contributed by atoms with van der Waals surface area (Å²) in [5.41, 5.74) is 1.44. The Balaban J connectivity index is 1.46. The molecular formula is C20H30FN5O. The summed E-state index contributed by atoms with van der Waals surface area (Å²) in [5.74, 6) is 1.06. The first-order valence-corrected chi connectivity index (χ1v) is 9.98. The first-order chi connectivity index (χ1) is 13.1. The fourth-order valence-corrected chi connectivity index (χ4v) is 3.65. The van der Waals surface area contributed by atoms with Crippen LogP contribution in [-0.4, -0.2) is 65.1 Å². The maximum absolute atomic E-state index is 13.3. The quantitative estimate of drug-likeness (QED) is 0.782. The lowest BCUT2D eigenvalue weighted by atomic mass is 9.97. The number of amides is 2. The molecule has 0 atom stereocenters. The number of nitrogens with zero attached hydrogens (tertiary/aromatic N) is 3. The third kappa shape index (κ3) is 5.19. The Labute approximate surface area is 160 Å². The van der Waals surface area contributed by atoms with Crippen molar-refractivity contribution in [3.63, 3.8) is 0 Å². The zero-order valence-electron chi connectivity index (χ0n) is 16.3. The number of likely N-dealkylation sites (N-methyl/N-ethyl adjacent to an activating group) is 1. The van der Waals surface area contributed by atoms with Crippen LogP contribution in [0.15, 0.2) is 18.2 Å². The molecule has 0 radical (unpaired) electrons. The second kappa shape index (κ2) is 9.17. The smallest absolute Gasteiger partial charge is 0.317 e. The number of nitrogens with one attached hydrogen (secondary N) is 2. The highest BCUT2D eigenvalue weighted by Gasteiger charge is 2.20. The highest BCUT2D eigenvalue weighted by molar-refractivity contribution is 5.75. The maximum atomic E-state index is 13.3. The lowest BCUT2D eigenvalue weighted by Gasteiger charge is -2.31. The molecule has 0 unspecified atom stereocenters. The van der Waals surface area contributed by atoms with E-state index in [1.54, 1.807) is 11.0 Å². The second-order valence-corrected chi connectivity index (χ2v) is 7.24. The Morgan fingerprint density at radius 1 is 1.37 bits per heavy atom. The molecule has 0 saturated carbocycles. The van der Waals surface area contributed by atoms with E-state index < -0.39 is 0 Å². The van der Waals surface area contributed by atoms with Crippen molar-refractivity contribution < 1.29 is 9.18 Å². The number of hydrogen-bond acceptors (Lipinski definition) is 3. The largest absolute Gasteiger partial charge is 0.342 e. The van der Waals surface area contributed by atoms with E-state index in [1.807, 2.05) is 6.92 Å². The number of H-pyrrole nitrogens is 1. The van der Waals surface area contributed by atoms with Gasteiger partial charge in [-0.3, -0.25) is 0 Å². The van der Waals surface area contributed by atoms with Crippen LogP contribution < -0.4 is 5.32 Å². The molecule has 0 spiro atoms. The minimum atomic E-state index is -0.281. The summed E-state index contributed by atoms with van der Waals surface area (Å²) in [6.45, 7) is 9.51. The van der Waals surface area contributed by atoms with Crippen molar-refractivity contribution in [3.05, 3.63) is 29.8 Å². The summed E-state index contributed by atoms with van der Waals surface area (Å²) in [6.07, 6.45) is 2.91. The van der Waals surface area contributed by atoms with Crippen LogP contribution in [-0.2, 0) is 6.42 Å². The number of carbonyl (C=O) groups is 1. The SMILES string of the molecule is CCN1CCC(CNC(=O)N(CC)CCc2nc3ccc(F)cc3[nH]2)CC1. The Kier molecular flexibility index (Phi) is 6.66. The topological polar surface area (TPSA) is 64.3 Å². The summed E-state index contributed by atoms with van der Waals surface area (Å²) >= 11 is 0. The molecular weight excluding hydrogens is 345 g/mol. The van der Waals surface area contributed by atoms with Gasteiger partial charge in [-0.05, 0) is 63.5 Å². The number of likely N-dealkylation sites (tertiary alicyclic amines) is 1. The van der Waals surface area contributed by atoms with Crippen LogP contribution >= 0.6 is 0 Å². The zero-order valence-corrected chi connectivity index (χ0v) is 16.3. The van der Waals surface area contributed by atoms with Crippen molar-refractivity contribution in [3.8, 4) is 0 Å². The highest BCUT2D eigenvalue weighted by Crippen LogP contribution is 2.16. The Morgan fingerprint density at radius 2 is 2.15 bits per heavy atom. The molecule has 1 aliphatic heterocycles. The van der Waals surface area contributed by atoms with Gasteiger partial charge in [-0.2, -0.15) is 0 Å². The maximum Gasteiger partial charge on any atom is 0.317 e.